The fourth-order valence-electron chi connectivity index (χ4n) is 1.57. The Kier molecular flexibility index (Phi) is 5.91. The van der Waals surface area contributed by atoms with Crippen LogP contribution in [0.15, 0.2) is 23.1 Å². The Morgan fingerprint density at radius 3 is 2.70 bits per heavy atom. The summed E-state index contributed by atoms with van der Waals surface area (Å²) < 4.78 is 39.3. The van der Waals surface area contributed by atoms with E-state index in [4.69, 9.17) is 16.7 Å². The van der Waals surface area contributed by atoms with Crippen molar-refractivity contribution in [3.63, 3.8) is 0 Å². The van der Waals surface area contributed by atoms with Gasteiger partial charge in [0.15, 0.2) is 0 Å². The Morgan fingerprint density at radius 1 is 1.50 bits per heavy atom. The van der Waals surface area contributed by atoms with Gasteiger partial charge in [0.05, 0.1) is 5.02 Å². The minimum atomic E-state index is -4.19. The van der Waals surface area contributed by atoms with Gasteiger partial charge in [-0.2, -0.15) is 4.72 Å². The van der Waals surface area contributed by atoms with Crippen LogP contribution in [0.1, 0.15) is 26.2 Å². The summed E-state index contributed by atoms with van der Waals surface area (Å²) in [6.07, 6.45) is 1.43. The molecule has 0 aliphatic carbocycles. The van der Waals surface area contributed by atoms with Gasteiger partial charge in [-0.15, -0.1) is 0 Å². The Labute approximate surface area is 121 Å². The van der Waals surface area contributed by atoms with Crippen LogP contribution >= 0.6 is 11.6 Å². The number of nitrogens with one attached hydrogen (secondary N) is 1. The third-order valence-electron chi connectivity index (χ3n) is 2.62. The summed E-state index contributed by atoms with van der Waals surface area (Å²) >= 11 is 5.71. The van der Waals surface area contributed by atoms with E-state index in [0.29, 0.717) is 6.42 Å². The molecule has 1 atom stereocenters. The topological polar surface area (TPSA) is 83.5 Å². The number of rotatable bonds is 7. The van der Waals surface area contributed by atoms with Crippen LogP contribution in [-0.2, 0) is 14.8 Å². The molecule has 0 spiro atoms. The quantitative estimate of drug-likeness (QED) is 0.807. The molecule has 0 radical (unpaired) electrons. The maximum atomic E-state index is 13.1. The van der Waals surface area contributed by atoms with Gasteiger partial charge in [-0.3, -0.25) is 4.79 Å². The van der Waals surface area contributed by atoms with E-state index in [1.807, 2.05) is 11.6 Å². The van der Waals surface area contributed by atoms with E-state index in [-0.39, 0.29) is 11.4 Å². The van der Waals surface area contributed by atoms with Crippen molar-refractivity contribution in [1.29, 1.82) is 0 Å². The average molecular weight is 324 g/mol. The van der Waals surface area contributed by atoms with Crippen molar-refractivity contribution in [2.24, 2.45) is 0 Å². The molecule has 20 heavy (non-hydrogen) atoms. The van der Waals surface area contributed by atoms with Crippen LogP contribution in [0.2, 0.25) is 5.02 Å². The highest BCUT2D eigenvalue weighted by molar-refractivity contribution is 7.89. The lowest BCUT2D eigenvalue weighted by atomic mass is 10.1. The number of sulfonamides is 1. The normalized spacial score (nSPS) is 13.2. The van der Waals surface area contributed by atoms with Crippen LogP contribution in [0, 0.1) is 5.82 Å². The maximum Gasteiger partial charge on any atom is 0.321 e. The lowest BCUT2D eigenvalue weighted by Crippen LogP contribution is -2.40. The molecule has 0 saturated heterocycles. The fourth-order valence-corrected chi connectivity index (χ4v) is 3.31. The number of unbranched alkanes of at least 4 members (excludes halogenated alkanes) is 1. The molecule has 0 aromatic heterocycles. The third-order valence-corrected chi connectivity index (χ3v) is 4.58. The number of carbonyl (C=O) groups is 1. The number of halogens is 2. The Morgan fingerprint density at radius 2 is 2.15 bits per heavy atom. The molecule has 8 heteroatoms. The lowest BCUT2D eigenvalue weighted by molar-refractivity contribution is -0.139. The fraction of sp³-hybridized carbons (Fsp3) is 0.417. The first-order valence-corrected chi connectivity index (χ1v) is 7.84. The molecule has 1 rings (SSSR count). The van der Waals surface area contributed by atoms with Crippen LogP contribution in [0.3, 0.4) is 0 Å². The van der Waals surface area contributed by atoms with Gasteiger partial charge < -0.3 is 5.11 Å². The number of hydrogen-bond donors (Lipinski definition) is 2. The van der Waals surface area contributed by atoms with Gasteiger partial charge >= 0.3 is 5.97 Å². The minimum absolute atomic E-state index is 0.151. The third kappa shape index (κ3) is 4.43. The molecule has 0 aliphatic heterocycles. The summed E-state index contributed by atoms with van der Waals surface area (Å²) in [4.78, 5) is 10.6. The number of carboxylic acids is 1. The van der Waals surface area contributed by atoms with Gasteiger partial charge in [0.25, 0.3) is 0 Å². The average Bonchev–Trinajstić information content (AvgIpc) is 2.36. The summed E-state index contributed by atoms with van der Waals surface area (Å²) in [5.41, 5.74) is 0. The Hall–Kier alpha value is -1.18. The lowest BCUT2D eigenvalue weighted by Gasteiger charge is -2.15. The molecule has 0 amide bonds. The summed E-state index contributed by atoms with van der Waals surface area (Å²) in [7, 11) is -4.19. The molecule has 0 heterocycles. The van der Waals surface area contributed by atoms with Crippen molar-refractivity contribution in [2.75, 3.05) is 0 Å². The van der Waals surface area contributed by atoms with Crippen molar-refractivity contribution in [3.8, 4) is 0 Å². The van der Waals surface area contributed by atoms with Gasteiger partial charge in [0.1, 0.15) is 16.8 Å². The SMILES string of the molecule is CCCCC(NS(=O)(=O)c1cc(F)ccc1Cl)C(=O)O. The van der Waals surface area contributed by atoms with Gasteiger partial charge in [-0.1, -0.05) is 31.4 Å². The highest BCUT2D eigenvalue weighted by atomic mass is 35.5. The van der Waals surface area contributed by atoms with Gasteiger partial charge in [-0.05, 0) is 24.6 Å². The maximum absolute atomic E-state index is 13.1. The van der Waals surface area contributed by atoms with Gasteiger partial charge in [-0.25, -0.2) is 12.8 Å². The second kappa shape index (κ2) is 7.01. The predicted octanol–water partition coefficient (Wildman–Crippen LogP) is 2.40. The van der Waals surface area contributed by atoms with E-state index in [1.165, 1.54) is 0 Å². The van der Waals surface area contributed by atoms with E-state index >= 15 is 0 Å². The molecule has 5 nitrogen and oxygen atoms in total. The zero-order valence-corrected chi connectivity index (χ0v) is 12.3. The molecule has 0 saturated carbocycles. The molecular weight excluding hydrogens is 309 g/mol. The molecule has 0 aliphatic rings. The molecule has 0 fully saturated rings. The smallest absolute Gasteiger partial charge is 0.321 e. The van der Waals surface area contributed by atoms with E-state index < -0.39 is 32.7 Å². The van der Waals surface area contributed by atoms with E-state index in [9.17, 15) is 17.6 Å². The zero-order valence-electron chi connectivity index (χ0n) is 10.8. The van der Waals surface area contributed by atoms with Crippen molar-refractivity contribution >= 4 is 27.6 Å². The standard InChI is InChI=1S/C12H15ClFNO4S/c1-2-3-4-10(12(16)17)15-20(18,19)11-7-8(14)5-6-9(11)13/h5-7,10,15H,2-4H2,1H3,(H,16,17). The number of aliphatic carboxylic acids is 1. The Bertz CT molecular complexity index is 591. The largest absolute Gasteiger partial charge is 0.480 e. The van der Waals surface area contributed by atoms with Gasteiger partial charge in [0, 0.05) is 0 Å². The molecular formula is C12H15ClFNO4S. The molecule has 1 unspecified atom stereocenters. The summed E-state index contributed by atoms with van der Waals surface area (Å²) in [5, 5.41) is 8.83. The van der Waals surface area contributed by atoms with Gasteiger partial charge in [0.2, 0.25) is 10.0 Å². The first-order valence-electron chi connectivity index (χ1n) is 5.98. The van der Waals surface area contributed by atoms with E-state index in [0.717, 1.165) is 24.6 Å². The van der Waals surface area contributed by atoms with E-state index in [2.05, 4.69) is 0 Å². The molecule has 1 aromatic rings. The van der Waals surface area contributed by atoms with Crippen molar-refractivity contribution < 1.29 is 22.7 Å². The van der Waals surface area contributed by atoms with Crippen LogP contribution in [0.5, 0.6) is 0 Å². The first kappa shape index (κ1) is 16.9. The van der Waals surface area contributed by atoms with Crippen molar-refractivity contribution in [1.82, 2.24) is 4.72 Å². The van der Waals surface area contributed by atoms with Crippen molar-refractivity contribution in [3.05, 3.63) is 29.0 Å². The van der Waals surface area contributed by atoms with E-state index in [1.54, 1.807) is 0 Å². The number of carboxylic acid groups (broad SMARTS) is 1. The second-order valence-corrected chi connectivity index (χ2v) is 6.32. The number of hydrogen-bond acceptors (Lipinski definition) is 3. The summed E-state index contributed by atoms with van der Waals surface area (Å²) in [6, 6.07) is 1.61. The molecule has 1 aromatic carbocycles. The van der Waals surface area contributed by atoms with Crippen LogP contribution < -0.4 is 4.72 Å². The highest BCUT2D eigenvalue weighted by Gasteiger charge is 2.26. The second-order valence-electron chi connectivity index (χ2n) is 4.23. The van der Waals surface area contributed by atoms with Crippen LogP contribution in [-0.4, -0.2) is 25.5 Å². The predicted molar refractivity (Wildman–Crippen MR) is 72.7 cm³/mol. The monoisotopic (exact) mass is 323 g/mol. The zero-order chi connectivity index (χ0) is 15.3. The van der Waals surface area contributed by atoms with Crippen LogP contribution in [0.4, 0.5) is 4.39 Å². The summed E-state index contributed by atoms with van der Waals surface area (Å²) in [6.45, 7) is 1.86. The minimum Gasteiger partial charge on any atom is -0.480 e. The molecule has 0 bridgehead atoms. The summed E-state index contributed by atoms with van der Waals surface area (Å²) in [5.74, 6) is -2.05. The van der Waals surface area contributed by atoms with Crippen molar-refractivity contribution in [2.45, 2.75) is 37.1 Å². The number of benzene rings is 1. The highest BCUT2D eigenvalue weighted by Crippen LogP contribution is 2.22. The first-order chi connectivity index (χ1) is 9.27. The van der Waals surface area contributed by atoms with Crippen LogP contribution in [0.25, 0.3) is 0 Å². The molecule has 112 valence electrons. The molecule has 2 N–H and O–H groups in total. The Balaban J connectivity index is 3.03.